The first-order valence-corrected chi connectivity index (χ1v) is 7.36. The Labute approximate surface area is 124 Å². The monoisotopic (exact) mass is 281 g/mol. The van der Waals surface area contributed by atoms with Crippen LogP contribution in [-0.4, -0.2) is 16.1 Å². The fraction of sp³-hybridized carbons (Fsp3) is 0.333. The van der Waals surface area contributed by atoms with E-state index in [-0.39, 0.29) is 0 Å². The van der Waals surface area contributed by atoms with E-state index in [1.165, 1.54) is 11.1 Å². The highest BCUT2D eigenvalue weighted by Gasteiger charge is 2.27. The molecular weight excluding hydrogens is 262 g/mol. The Morgan fingerprint density at radius 3 is 2.81 bits per heavy atom. The molecule has 1 aromatic carbocycles. The average Bonchev–Trinajstić information content (AvgIpc) is 2.48. The highest BCUT2D eigenvalue weighted by Crippen LogP contribution is 2.33. The third-order valence-corrected chi connectivity index (χ3v) is 4.26. The van der Waals surface area contributed by atoms with E-state index in [1.807, 2.05) is 12.1 Å². The summed E-state index contributed by atoms with van der Waals surface area (Å²) in [5, 5.41) is 9.32. The standard InChI is InChI=1S/C18H19NO2/c1-11-6-7-12(2)15(10-11)17-9-8-13-14(18(20)21)4-3-5-16(13)19-17/h6-10,14H,3-5H2,1-2H3,(H,20,21). The Bertz CT molecular complexity index is 706. The Kier molecular flexibility index (Phi) is 3.50. The molecular formula is C18H19NO2. The fourth-order valence-electron chi connectivity index (χ4n) is 3.08. The third kappa shape index (κ3) is 2.56. The van der Waals surface area contributed by atoms with Gasteiger partial charge in [-0.1, -0.05) is 23.8 Å². The summed E-state index contributed by atoms with van der Waals surface area (Å²) in [5.74, 6) is -1.13. The summed E-state index contributed by atoms with van der Waals surface area (Å²) < 4.78 is 0. The number of aromatic nitrogens is 1. The van der Waals surface area contributed by atoms with Crippen LogP contribution in [0.1, 0.15) is 41.1 Å². The number of aryl methyl sites for hydroxylation is 3. The van der Waals surface area contributed by atoms with Gasteiger partial charge in [0.1, 0.15) is 0 Å². The predicted octanol–water partition coefficient (Wildman–Crippen LogP) is 3.87. The molecule has 1 aliphatic rings. The maximum Gasteiger partial charge on any atom is 0.311 e. The van der Waals surface area contributed by atoms with Crippen molar-refractivity contribution in [2.24, 2.45) is 0 Å². The first kappa shape index (κ1) is 13.8. The average molecular weight is 281 g/mol. The maximum atomic E-state index is 11.3. The lowest BCUT2D eigenvalue weighted by molar-refractivity contribution is -0.139. The number of hydrogen-bond acceptors (Lipinski definition) is 2. The summed E-state index contributed by atoms with van der Waals surface area (Å²) in [6.45, 7) is 4.15. The van der Waals surface area contributed by atoms with Crippen LogP contribution in [0, 0.1) is 13.8 Å². The zero-order chi connectivity index (χ0) is 15.0. The minimum atomic E-state index is -0.739. The Morgan fingerprint density at radius 1 is 1.24 bits per heavy atom. The van der Waals surface area contributed by atoms with Gasteiger partial charge in [-0.2, -0.15) is 0 Å². The van der Waals surface area contributed by atoms with Crippen LogP contribution in [0.15, 0.2) is 30.3 Å². The lowest BCUT2D eigenvalue weighted by Crippen LogP contribution is -2.19. The summed E-state index contributed by atoms with van der Waals surface area (Å²) in [6, 6.07) is 10.3. The summed E-state index contributed by atoms with van der Waals surface area (Å²) in [5.41, 5.74) is 6.32. The van der Waals surface area contributed by atoms with Gasteiger partial charge in [-0.05, 0) is 56.4 Å². The van der Waals surface area contributed by atoms with Crippen LogP contribution in [0.3, 0.4) is 0 Å². The minimum Gasteiger partial charge on any atom is -0.481 e. The molecule has 0 fully saturated rings. The summed E-state index contributed by atoms with van der Waals surface area (Å²) in [6.07, 6.45) is 2.48. The topological polar surface area (TPSA) is 50.2 Å². The zero-order valence-corrected chi connectivity index (χ0v) is 12.4. The Morgan fingerprint density at radius 2 is 2.05 bits per heavy atom. The molecule has 1 atom stereocenters. The van der Waals surface area contributed by atoms with Gasteiger partial charge < -0.3 is 5.11 Å². The Balaban J connectivity index is 2.07. The molecule has 3 heteroatoms. The van der Waals surface area contributed by atoms with Crippen LogP contribution in [0.5, 0.6) is 0 Å². The van der Waals surface area contributed by atoms with Crippen molar-refractivity contribution in [1.29, 1.82) is 0 Å². The quantitative estimate of drug-likeness (QED) is 0.909. The molecule has 3 nitrogen and oxygen atoms in total. The predicted molar refractivity (Wildman–Crippen MR) is 82.5 cm³/mol. The van der Waals surface area contributed by atoms with Crippen LogP contribution in [0.25, 0.3) is 11.3 Å². The maximum absolute atomic E-state index is 11.3. The van der Waals surface area contributed by atoms with Gasteiger partial charge in [0.05, 0.1) is 11.6 Å². The SMILES string of the molecule is Cc1ccc(C)c(-c2ccc3c(n2)CCCC3C(=O)O)c1. The van der Waals surface area contributed by atoms with E-state index in [0.29, 0.717) is 6.42 Å². The molecule has 0 saturated heterocycles. The molecule has 1 aromatic heterocycles. The molecule has 0 aliphatic heterocycles. The largest absolute Gasteiger partial charge is 0.481 e. The number of fused-ring (bicyclic) bond motifs is 1. The summed E-state index contributed by atoms with van der Waals surface area (Å²) in [7, 11) is 0. The number of carboxylic acids is 1. The number of aliphatic carboxylic acids is 1. The molecule has 21 heavy (non-hydrogen) atoms. The number of benzene rings is 1. The van der Waals surface area contributed by atoms with E-state index in [2.05, 4.69) is 32.0 Å². The van der Waals surface area contributed by atoms with Crippen molar-refractivity contribution in [3.8, 4) is 11.3 Å². The van der Waals surface area contributed by atoms with Crippen molar-refractivity contribution in [2.75, 3.05) is 0 Å². The van der Waals surface area contributed by atoms with Gasteiger partial charge in [0.15, 0.2) is 0 Å². The van der Waals surface area contributed by atoms with E-state index in [0.717, 1.165) is 35.4 Å². The van der Waals surface area contributed by atoms with Crippen molar-refractivity contribution in [3.63, 3.8) is 0 Å². The molecule has 0 radical (unpaired) electrons. The van der Waals surface area contributed by atoms with Crippen molar-refractivity contribution < 1.29 is 9.90 Å². The molecule has 0 spiro atoms. The molecule has 0 amide bonds. The van der Waals surface area contributed by atoms with E-state index >= 15 is 0 Å². The van der Waals surface area contributed by atoms with Gasteiger partial charge in [-0.25, -0.2) is 0 Å². The van der Waals surface area contributed by atoms with Crippen LogP contribution in [0.2, 0.25) is 0 Å². The van der Waals surface area contributed by atoms with Gasteiger partial charge in [0, 0.05) is 11.3 Å². The van der Waals surface area contributed by atoms with E-state index in [1.54, 1.807) is 0 Å². The highest BCUT2D eigenvalue weighted by atomic mass is 16.4. The second-order valence-electron chi connectivity index (χ2n) is 5.83. The van der Waals surface area contributed by atoms with Gasteiger partial charge >= 0.3 is 5.97 Å². The second-order valence-corrected chi connectivity index (χ2v) is 5.83. The fourth-order valence-corrected chi connectivity index (χ4v) is 3.08. The number of carbonyl (C=O) groups is 1. The van der Waals surface area contributed by atoms with Crippen LogP contribution < -0.4 is 0 Å². The molecule has 108 valence electrons. The van der Waals surface area contributed by atoms with Gasteiger partial charge in [0.25, 0.3) is 0 Å². The van der Waals surface area contributed by atoms with Gasteiger partial charge in [-0.15, -0.1) is 0 Å². The first-order chi connectivity index (χ1) is 10.1. The lowest BCUT2D eigenvalue weighted by atomic mass is 9.85. The summed E-state index contributed by atoms with van der Waals surface area (Å²) in [4.78, 5) is 16.1. The Hall–Kier alpha value is -2.16. The molecule has 0 saturated carbocycles. The lowest BCUT2D eigenvalue weighted by Gasteiger charge is -2.22. The molecule has 1 aliphatic carbocycles. The third-order valence-electron chi connectivity index (χ3n) is 4.26. The van der Waals surface area contributed by atoms with Crippen molar-refractivity contribution in [1.82, 2.24) is 4.98 Å². The van der Waals surface area contributed by atoms with Crippen molar-refractivity contribution in [3.05, 3.63) is 52.7 Å². The number of carboxylic acid groups (broad SMARTS) is 1. The summed E-state index contributed by atoms with van der Waals surface area (Å²) >= 11 is 0. The number of rotatable bonds is 2. The smallest absolute Gasteiger partial charge is 0.311 e. The van der Waals surface area contributed by atoms with Crippen LogP contribution in [-0.2, 0) is 11.2 Å². The van der Waals surface area contributed by atoms with E-state index in [4.69, 9.17) is 4.98 Å². The molecule has 0 bridgehead atoms. The zero-order valence-electron chi connectivity index (χ0n) is 12.4. The van der Waals surface area contributed by atoms with Crippen LogP contribution in [0.4, 0.5) is 0 Å². The minimum absolute atomic E-state index is 0.395. The van der Waals surface area contributed by atoms with Gasteiger partial charge in [0.2, 0.25) is 0 Å². The molecule has 1 unspecified atom stereocenters. The molecule has 2 aromatic rings. The number of nitrogens with zero attached hydrogens (tertiary/aromatic N) is 1. The normalized spacial score (nSPS) is 17.3. The van der Waals surface area contributed by atoms with Crippen molar-refractivity contribution >= 4 is 5.97 Å². The second kappa shape index (κ2) is 5.32. The van der Waals surface area contributed by atoms with Gasteiger partial charge in [-0.3, -0.25) is 9.78 Å². The highest BCUT2D eigenvalue weighted by molar-refractivity contribution is 5.77. The molecule has 1 heterocycles. The first-order valence-electron chi connectivity index (χ1n) is 7.36. The number of hydrogen-bond donors (Lipinski definition) is 1. The number of pyridine rings is 1. The van der Waals surface area contributed by atoms with E-state index in [9.17, 15) is 9.90 Å². The molecule has 3 rings (SSSR count). The van der Waals surface area contributed by atoms with Crippen molar-refractivity contribution in [2.45, 2.75) is 39.0 Å². The van der Waals surface area contributed by atoms with Crippen LogP contribution >= 0.6 is 0 Å². The molecule has 1 N–H and O–H groups in total. The van der Waals surface area contributed by atoms with E-state index < -0.39 is 11.9 Å².